The van der Waals surface area contributed by atoms with E-state index in [0.29, 0.717) is 11.4 Å². The first-order valence-electron chi connectivity index (χ1n) is 7.93. The van der Waals surface area contributed by atoms with Gasteiger partial charge in [-0.2, -0.15) is 0 Å². The zero-order valence-corrected chi connectivity index (χ0v) is 13.8. The van der Waals surface area contributed by atoms with Crippen LogP contribution in [0.4, 0.5) is 11.4 Å². The van der Waals surface area contributed by atoms with Crippen LogP contribution in [0.1, 0.15) is 19.4 Å². The maximum absolute atomic E-state index is 11.0. The lowest BCUT2D eigenvalue weighted by atomic mass is 10.0. The highest BCUT2D eigenvalue weighted by Gasteiger charge is 2.22. The van der Waals surface area contributed by atoms with Gasteiger partial charge in [0.25, 0.3) is 0 Å². The maximum Gasteiger partial charge on any atom is 0.332 e. The van der Waals surface area contributed by atoms with Crippen LogP contribution in [0.5, 0.6) is 0 Å². The predicted octanol–water partition coefficient (Wildman–Crippen LogP) is 3.60. The highest BCUT2D eigenvalue weighted by atomic mass is 16.7. The molecule has 0 bridgehead atoms. The number of aryl methyl sites for hydroxylation is 1. The van der Waals surface area contributed by atoms with E-state index >= 15 is 0 Å². The minimum atomic E-state index is -0.475. The third kappa shape index (κ3) is 2.28. The zero-order valence-electron chi connectivity index (χ0n) is 13.8. The van der Waals surface area contributed by atoms with E-state index in [2.05, 4.69) is 27.1 Å². The van der Waals surface area contributed by atoms with Crippen LogP contribution in [0.25, 0.3) is 21.8 Å². The average Bonchev–Trinajstić information content (AvgIpc) is 3.17. The lowest BCUT2D eigenvalue weighted by molar-refractivity contribution is -0.140. The molecule has 2 heterocycles. The van der Waals surface area contributed by atoms with Crippen LogP contribution in [-0.4, -0.2) is 27.7 Å². The van der Waals surface area contributed by atoms with Crippen LogP contribution < -0.4 is 5.48 Å². The van der Waals surface area contributed by atoms with Crippen molar-refractivity contribution in [1.29, 1.82) is 0 Å². The summed E-state index contributed by atoms with van der Waals surface area (Å²) in [5, 5.41) is 15.1. The van der Waals surface area contributed by atoms with Crippen molar-refractivity contribution in [2.75, 3.05) is 5.48 Å². The Balaban J connectivity index is 2.03. The smallest absolute Gasteiger partial charge is 0.332 e. The van der Waals surface area contributed by atoms with Crippen LogP contribution in [0.3, 0.4) is 0 Å². The van der Waals surface area contributed by atoms with Crippen molar-refractivity contribution in [1.82, 2.24) is 4.57 Å². The Morgan fingerprint density at radius 2 is 2.12 bits per heavy atom. The zero-order chi connectivity index (χ0) is 17.6. The number of hydrogen-bond acceptors (Lipinski definition) is 6. The monoisotopic (exact) mass is 336 g/mol. The quantitative estimate of drug-likeness (QED) is 0.565. The summed E-state index contributed by atoms with van der Waals surface area (Å²) in [6.07, 6.45) is 1.59. The van der Waals surface area contributed by atoms with Crippen LogP contribution in [0.15, 0.2) is 40.5 Å². The van der Waals surface area contributed by atoms with Crippen molar-refractivity contribution in [2.24, 2.45) is 10.1 Å². The fraction of sp³-hybridized carbons (Fsp3) is 0.167. The lowest BCUT2D eigenvalue weighted by Gasteiger charge is -2.04. The molecule has 0 aliphatic carbocycles. The normalized spacial score (nSPS) is 14.4. The molecule has 1 aliphatic heterocycles. The highest BCUT2D eigenvalue weighted by Crippen LogP contribution is 2.40. The minimum Gasteiger partial charge on any atom is -0.341 e. The molecule has 0 unspecified atom stereocenters. The van der Waals surface area contributed by atoms with Crippen LogP contribution in [0, 0.1) is 0 Å². The van der Waals surface area contributed by atoms with Crippen molar-refractivity contribution < 1.29 is 14.8 Å². The summed E-state index contributed by atoms with van der Waals surface area (Å²) in [5.41, 5.74) is 7.03. The van der Waals surface area contributed by atoms with E-state index in [0.717, 1.165) is 39.6 Å². The maximum atomic E-state index is 11.0. The molecule has 0 fully saturated rings. The fourth-order valence-electron chi connectivity index (χ4n) is 3.30. The molecule has 0 atom stereocenters. The summed E-state index contributed by atoms with van der Waals surface area (Å²) in [7, 11) is 0. The van der Waals surface area contributed by atoms with E-state index in [1.807, 2.05) is 30.3 Å². The van der Waals surface area contributed by atoms with Gasteiger partial charge in [0.2, 0.25) is 0 Å². The summed E-state index contributed by atoms with van der Waals surface area (Å²) in [6, 6.07) is 9.63. The van der Waals surface area contributed by atoms with Gasteiger partial charge in [0.15, 0.2) is 0 Å². The van der Waals surface area contributed by atoms with E-state index in [1.54, 1.807) is 6.21 Å². The highest BCUT2D eigenvalue weighted by molar-refractivity contribution is 6.44. The van der Waals surface area contributed by atoms with Crippen LogP contribution in [-0.2, 0) is 16.2 Å². The number of aromatic nitrogens is 1. The number of carbonyl (C=O) groups is 1. The van der Waals surface area contributed by atoms with Gasteiger partial charge in [0.1, 0.15) is 5.71 Å². The second-order valence-electron chi connectivity index (χ2n) is 5.76. The summed E-state index contributed by atoms with van der Waals surface area (Å²) >= 11 is 0. The number of rotatable bonds is 3. The molecule has 7 nitrogen and oxygen atoms in total. The van der Waals surface area contributed by atoms with Gasteiger partial charge in [0, 0.05) is 35.3 Å². The SMILES string of the molecule is CCn1c2ccc(NO)cc2c2c3c(ccc21)/C(=N/OC(C)=O)C=N3. The number of nitrogens with zero attached hydrogens (tertiary/aromatic N) is 3. The molecular formula is C18H16N4O3. The first-order chi connectivity index (χ1) is 12.1. The molecule has 7 heteroatoms. The van der Waals surface area contributed by atoms with Gasteiger partial charge in [-0.25, -0.2) is 4.79 Å². The summed E-state index contributed by atoms with van der Waals surface area (Å²) in [5.74, 6) is -0.475. The molecule has 0 saturated heterocycles. The van der Waals surface area contributed by atoms with Gasteiger partial charge < -0.3 is 9.40 Å². The Morgan fingerprint density at radius 1 is 1.32 bits per heavy atom. The number of hydrogen-bond donors (Lipinski definition) is 2. The average molecular weight is 336 g/mol. The Morgan fingerprint density at radius 3 is 2.84 bits per heavy atom. The van der Waals surface area contributed by atoms with E-state index < -0.39 is 5.97 Å². The fourth-order valence-corrected chi connectivity index (χ4v) is 3.30. The van der Waals surface area contributed by atoms with E-state index in [-0.39, 0.29) is 0 Å². The van der Waals surface area contributed by atoms with Crippen LogP contribution in [0.2, 0.25) is 0 Å². The second-order valence-corrected chi connectivity index (χ2v) is 5.76. The number of fused-ring (bicyclic) bond motifs is 5. The largest absolute Gasteiger partial charge is 0.341 e. The van der Waals surface area contributed by atoms with Gasteiger partial charge in [-0.3, -0.25) is 15.7 Å². The number of anilines is 1. The van der Waals surface area contributed by atoms with E-state index in [1.165, 1.54) is 6.92 Å². The molecule has 1 aliphatic rings. The number of carbonyl (C=O) groups excluding carboxylic acids is 1. The van der Waals surface area contributed by atoms with E-state index in [9.17, 15) is 10.0 Å². The van der Waals surface area contributed by atoms with Gasteiger partial charge in [-0.1, -0.05) is 5.16 Å². The van der Waals surface area contributed by atoms with Crippen molar-refractivity contribution in [3.63, 3.8) is 0 Å². The van der Waals surface area contributed by atoms with Gasteiger partial charge in [-0.05, 0) is 37.3 Å². The molecule has 1 aromatic heterocycles. The van der Waals surface area contributed by atoms with Gasteiger partial charge in [0.05, 0.1) is 23.1 Å². The summed E-state index contributed by atoms with van der Waals surface area (Å²) in [6.45, 7) is 4.20. The van der Waals surface area contributed by atoms with Crippen molar-refractivity contribution >= 4 is 51.1 Å². The predicted molar refractivity (Wildman–Crippen MR) is 97.0 cm³/mol. The molecular weight excluding hydrogens is 320 g/mol. The molecule has 0 radical (unpaired) electrons. The summed E-state index contributed by atoms with van der Waals surface area (Å²) in [4.78, 5) is 20.3. The van der Waals surface area contributed by atoms with Crippen LogP contribution >= 0.6 is 0 Å². The third-order valence-electron chi connectivity index (χ3n) is 4.31. The van der Waals surface area contributed by atoms with E-state index in [4.69, 9.17) is 4.84 Å². The number of benzene rings is 2. The standard InChI is InChI=1S/C18H16N4O3/c1-3-22-15-6-4-11(20-24)8-13(15)17-16(22)7-5-12-14(9-19-18(12)17)21-25-10(2)23/h4-9,20,24H,3H2,1-2H3/b21-14+. The molecule has 2 N–H and O–H groups in total. The lowest BCUT2D eigenvalue weighted by Crippen LogP contribution is -2.01. The Hall–Kier alpha value is -3.19. The van der Waals surface area contributed by atoms with Gasteiger partial charge in [-0.15, -0.1) is 0 Å². The first-order valence-corrected chi connectivity index (χ1v) is 7.93. The minimum absolute atomic E-state index is 0.475. The molecule has 2 aromatic carbocycles. The Kier molecular flexibility index (Phi) is 3.51. The van der Waals surface area contributed by atoms with Crippen molar-refractivity contribution in [2.45, 2.75) is 20.4 Å². The third-order valence-corrected chi connectivity index (χ3v) is 4.31. The molecule has 25 heavy (non-hydrogen) atoms. The topological polar surface area (TPSA) is 88.2 Å². The van der Waals surface area contributed by atoms with Crippen molar-refractivity contribution in [3.8, 4) is 0 Å². The number of oxime groups is 1. The second kappa shape index (κ2) is 5.71. The number of aliphatic imine (C=N–C) groups is 1. The number of nitrogens with one attached hydrogen (secondary N) is 1. The first kappa shape index (κ1) is 15.3. The molecule has 0 saturated carbocycles. The molecule has 126 valence electrons. The van der Waals surface area contributed by atoms with Gasteiger partial charge >= 0.3 is 5.97 Å². The molecule has 4 rings (SSSR count). The van der Waals surface area contributed by atoms with Crippen molar-refractivity contribution in [3.05, 3.63) is 35.9 Å². The summed E-state index contributed by atoms with van der Waals surface area (Å²) < 4.78 is 2.20. The molecule has 0 amide bonds. The Bertz CT molecular complexity index is 1080. The Labute approximate surface area is 143 Å². The molecule has 3 aromatic rings. The molecule has 0 spiro atoms.